The Kier molecular flexibility index (Phi) is 2.96. The lowest BCUT2D eigenvalue weighted by atomic mass is 10.1. The molecule has 0 fully saturated rings. The minimum Gasteiger partial charge on any atom is -0.352 e. The number of hydrogen-bond acceptors (Lipinski definition) is 5. The molecule has 1 atom stereocenters. The topological polar surface area (TPSA) is 78.0 Å². The third kappa shape index (κ3) is 1.99. The van der Waals surface area contributed by atoms with E-state index in [-0.39, 0.29) is 5.66 Å². The van der Waals surface area contributed by atoms with Crippen LogP contribution in [0.25, 0.3) is 0 Å². The second kappa shape index (κ2) is 4.39. The molecule has 6 heteroatoms. The first-order valence-corrected chi connectivity index (χ1v) is 5.25. The molecule has 0 amide bonds. The minimum atomic E-state index is -0.359. The zero-order chi connectivity index (χ0) is 10.6. The smallest absolute Gasteiger partial charge is 0.156 e. The lowest BCUT2D eigenvalue weighted by molar-refractivity contribution is 0.324. The highest BCUT2D eigenvalue weighted by Crippen LogP contribution is 2.17. The fourth-order valence-electron chi connectivity index (χ4n) is 1.62. The first-order chi connectivity index (χ1) is 7.37. The molecule has 6 nitrogen and oxygen atoms in total. The predicted molar refractivity (Wildman–Crippen MR) is 57.5 cm³/mol. The van der Waals surface area contributed by atoms with Gasteiger partial charge in [-0.25, -0.2) is 0 Å². The van der Waals surface area contributed by atoms with Crippen molar-refractivity contribution >= 4 is 6.34 Å². The number of nitrogens with zero attached hydrogens (tertiary/aromatic N) is 3. The summed E-state index contributed by atoms with van der Waals surface area (Å²) >= 11 is 0. The third-order valence-corrected chi connectivity index (χ3v) is 2.54. The number of hydrogen-bond donors (Lipinski definition) is 3. The molecule has 0 aromatic carbocycles. The Hall–Kier alpha value is -1.43. The number of aliphatic imine (C=N–C) groups is 1. The summed E-state index contributed by atoms with van der Waals surface area (Å²) in [6.07, 6.45) is 5.75. The number of aromatic amines is 1. The van der Waals surface area contributed by atoms with Crippen molar-refractivity contribution in [2.24, 2.45) is 4.99 Å². The first kappa shape index (κ1) is 10.1. The van der Waals surface area contributed by atoms with Gasteiger partial charge in [0.05, 0.1) is 19.1 Å². The van der Waals surface area contributed by atoms with E-state index in [1.165, 1.54) is 6.42 Å². The molecule has 82 valence electrons. The Bertz CT molecular complexity index is 309. The quantitative estimate of drug-likeness (QED) is 0.594. The molecule has 2 rings (SSSR count). The van der Waals surface area contributed by atoms with Crippen LogP contribution in [0, 0.1) is 0 Å². The number of rotatable bonds is 5. The highest BCUT2D eigenvalue weighted by atomic mass is 15.4. The van der Waals surface area contributed by atoms with Gasteiger partial charge in [0, 0.05) is 0 Å². The van der Waals surface area contributed by atoms with Gasteiger partial charge in [-0.15, -0.1) is 0 Å². The Balaban J connectivity index is 2.05. The van der Waals surface area contributed by atoms with Crippen LogP contribution in [0.15, 0.2) is 11.2 Å². The van der Waals surface area contributed by atoms with Gasteiger partial charge in [-0.1, -0.05) is 13.3 Å². The average Bonchev–Trinajstić information content (AvgIpc) is 2.89. The lowest BCUT2D eigenvalue weighted by Gasteiger charge is -2.27. The summed E-state index contributed by atoms with van der Waals surface area (Å²) < 4.78 is 0. The van der Waals surface area contributed by atoms with Crippen LogP contribution in [0.5, 0.6) is 0 Å². The van der Waals surface area contributed by atoms with Crippen LogP contribution < -0.4 is 10.6 Å². The summed E-state index contributed by atoms with van der Waals surface area (Å²) in [7, 11) is 0. The lowest BCUT2D eigenvalue weighted by Crippen LogP contribution is -2.53. The van der Waals surface area contributed by atoms with E-state index < -0.39 is 0 Å². The summed E-state index contributed by atoms with van der Waals surface area (Å²) in [5, 5.41) is 17.2. The maximum atomic E-state index is 4.19. The van der Waals surface area contributed by atoms with Gasteiger partial charge in [0.2, 0.25) is 0 Å². The fourth-order valence-corrected chi connectivity index (χ4v) is 1.62. The highest BCUT2D eigenvalue weighted by molar-refractivity contribution is 5.59. The van der Waals surface area contributed by atoms with Crippen molar-refractivity contribution in [2.45, 2.75) is 25.4 Å². The van der Waals surface area contributed by atoms with E-state index in [2.05, 4.69) is 38.0 Å². The zero-order valence-electron chi connectivity index (χ0n) is 8.82. The van der Waals surface area contributed by atoms with Gasteiger partial charge < -0.3 is 5.32 Å². The maximum Gasteiger partial charge on any atom is 0.156 e. The first-order valence-electron chi connectivity index (χ1n) is 5.25. The fraction of sp³-hybridized carbons (Fsp3) is 0.667. The Morgan fingerprint density at radius 2 is 2.53 bits per heavy atom. The molecule has 1 aliphatic rings. The van der Waals surface area contributed by atoms with Gasteiger partial charge in [-0.05, 0) is 13.0 Å². The molecule has 0 radical (unpaired) electrons. The Morgan fingerprint density at radius 3 is 3.13 bits per heavy atom. The van der Waals surface area contributed by atoms with Gasteiger partial charge in [-0.2, -0.15) is 15.4 Å². The van der Waals surface area contributed by atoms with Crippen molar-refractivity contribution in [1.29, 1.82) is 0 Å². The SMILES string of the molecule is CCCCNC1(c2cn[nH]n2)CN=CN1. The minimum absolute atomic E-state index is 0.359. The summed E-state index contributed by atoms with van der Waals surface area (Å²) in [5.41, 5.74) is 0.499. The van der Waals surface area contributed by atoms with Crippen LogP contribution >= 0.6 is 0 Å². The molecule has 0 saturated heterocycles. The molecular formula is C9H16N6. The largest absolute Gasteiger partial charge is 0.352 e. The third-order valence-electron chi connectivity index (χ3n) is 2.54. The van der Waals surface area contributed by atoms with Gasteiger partial charge in [0.25, 0.3) is 0 Å². The van der Waals surface area contributed by atoms with E-state index in [1.807, 2.05) is 0 Å². The van der Waals surface area contributed by atoms with Crippen LogP contribution in [0.3, 0.4) is 0 Å². The maximum absolute atomic E-state index is 4.19. The van der Waals surface area contributed by atoms with Crippen molar-refractivity contribution < 1.29 is 0 Å². The standard InChI is InChI=1S/C9H16N6/c1-2-3-4-11-9(6-10-7-12-9)8-5-13-15-14-8/h5,7,11H,2-4,6H2,1H3,(H,10,12)(H,13,14,15). The number of aromatic nitrogens is 3. The van der Waals surface area contributed by atoms with Crippen molar-refractivity contribution in [1.82, 2.24) is 26.0 Å². The van der Waals surface area contributed by atoms with E-state index in [0.717, 1.165) is 18.7 Å². The van der Waals surface area contributed by atoms with E-state index in [0.29, 0.717) is 6.54 Å². The monoisotopic (exact) mass is 208 g/mol. The number of nitrogens with one attached hydrogen (secondary N) is 3. The van der Waals surface area contributed by atoms with E-state index in [1.54, 1.807) is 12.5 Å². The molecule has 3 N–H and O–H groups in total. The number of H-pyrrole nitrogens is 1. The zero-order valence-corrected chi connectivity index (χ0v) is 8.82. The molecule has 0 spiro atoms. The van der Waals surface area contributed by atoms with E-state index in [4.69, 9.17) is 0 Å². The van der Waals surface area contributed by atoms with Gasteiger partial charge in [0.15, 0.2) is 5.66 Å². The number of unbranched alkanes of at least 4 members (excludes halogenated alkanes) is 1. The van der Waals surface area contributed by atoms with Crippen molar-refractivity contribution in [3.63, 3.8) is 0 Å². The molecule has 2 heterocycles. The van der Waals surface area contributed by atoms with Crippen molar-refractivity contribution in [3.05, 3.63) is 11.9 Å². The van der Waals surface area contributed by atoms with Crippen molar-refractivity contribution in [3.8, 4) is 0 Å². The van der Waals surface area contributed by atoms with Crippen LogP contribution in [-0.2, 0) is 5.66 Å². The Morgan fingerprint density at radius 1 is 1.60 bits per heavy atom. The molecular weight excluding hydrogens is 192 g/mol. The van der Waals surface area contributed by atoms with Crippen LogP contribution in [0.4, 0.5) is 0 Å². The highest BCUT2D eigenvalue weighted by Gasteiger charge is 2.35. The summed E-state index contributed by atoms with van der Waals surface area (Å²) in [6, 6.07) is 0. The predicted octanol–water partition coefficient (Wildman–Crippen LogP) is -0.0213. The molecule has 1 aliphatic heterocycles. The Labute approximate surface area is 88.6 Å². The molecule has 0 saturated carbocycles. The molecule has 1 aromatic rings. The van der Waals surface area contributed by atoms with Crippen LogP contribution in [-0.4, -0.2) is 34.8 Å². The van der Waals surface area contributed by atoms with E-state index in [9.17, 15) is 0 Å². The van der Waals surface area contributed by atoms with Crippen LogP contribution in [0.1, 0.15) is 25.5 Å². The molecule has 1 aromatic heterocycles. The molecule has 0 bridgehead atoms. The van der Waals surface area contributed by atoms with Crippen LogP contribution in [0.2, 0.25) is 0 Å². The molecule has 15 heavy (non-hydrogen) atoms. The van der Waals surface area contributed by atoms with Gasteiger partial charge in [0.1, 0.15) is 5.69 Å². The second-order valence-corrected chi connectivity index (χ2v) is 3.66. The molecule has 1 unspecified atom stereocenters. The average molecular weight is 208 g/mol. The van der Waals surface area contributed by atoms with Gasteiger partial charge >= 0.3 is 0 Å². The summed E-state index contributed by atoms with van der Waals surface area (Å²) in [5.74, 6) is 0. The van der Waals surface area contributed by atoms with Gasteiger partial charge in [-0.3, -0.25) is 10.3 Å². The normalized spacial score (nSPS) is 24.3. The summed E-state index contributed by atoms with van der Waals surface area (Å²) in [4.78, 5) is 4.19. The van der Waals surface area contributed by atoms with E-state index >= 15 is 0 Å². The summed E-state index contributed by atoms with van der Waals surface area (Å²) in [6.45, 7) is 3.77. The second-order valence-electron chi connectivity index (χ2n) is 3.66. The molecule has 0 aliphatic carbocycles. The van der Waals surface area contributed by atoms with Crippen molar-refractivity contribution in [2.75, 3.05) is 13.1 Å².